The molecule has 0 atom stereocenters. The first-order valence-electron chi connectivity index (χ1n) is 8.84. The van der Waals surface area contributed by atoms with Crippen LogP contribution in [0.25, 0.3) is 6.08 Å². The molecule has 1 amide bonds. The number of carbonyl (C=O) groups is 1. The maximum Gasteiger partial charge on any atom is 0.246 e. The Morgan fingerprint density at radius 3 is 2.52 bits per heavy atom. The number of phenolic OH excluding ortho intramolecular Hbond substituents is 2. The molecule has 4 N–H and O–H groups in total. The number of hydrogen-bond donors (Lipinski definition) is 3. The Balaban J connectivity index is 0.00000261. The smallest absolute Gasteiger partial charge is 0.246 e. The van der Waals surface area contributed by atoms with Gasteiger partial charge in [0.2, 0.25) is 5.91 Å². The summed E-state index contributed by atoms with van der Waals surface area (Å²) >= 11 is 0. The highest BCUT2D eigenvalue weighted by Crippen LogP contribution is 2.29. The first kappa shape index (κ1) is 20.8. The van der Waals surface area contributed by atoms with Crippen LogP contribution in [-0.4, -0.2) is 34.1 Å². The first-order valence-corrected chi connectivity index (χ1v) is 8.84. The Bertz CT molecular complexity index is 815. The van der Waals surface area contributed by atoms with Crippen LogP contribution in [0.5, 0.6) is 11.5 Å². The minimum atomic E-state index is -0.194. The van der Waals surface area contributed by atoms with E-state index in [-0.39, 0.29) is 29.8 Å². The zero-order valence-corrected chi connectivity index (χ0v) is 15.9. The van der Waals surface area contributed by atoms with Crippen molar-refractivity contribution >= 4 is 24.4 Å². The fourth-order valence-electron chi connectivity index (χ4n) is 3.32. The molecule has 1 aliphatic rings. The lowest BCUT2D eigenvalue weighted by atomic mass is 9.88. The van der Waals surface area contributed by atoms with Crippen LogP contribution in [0.4, 0.5) is 0 Å². The molecule has 0 bridgehead atoms. The molecule has 1 saturated heterocycles. The van der Waals surface area contributed by atoms with Crippen molar-refractivity contribution in [2.75, 3.05) is 13.1 Å². The van der Waals surface area contributed by atoms with Gasteiger partial charge in [-0.05, 0) is 53.7 Å². The van der Waals surface area contributed by atoms with Crippen LogP contribution in [0, 0.1) is 0 Å². The van der Waals surface area contributed by atoms with Gasteiger partial charge >= 0.3 is 0 Å². The van der Waals surface area contributed by atoms with E-state index in [1.165, 1.54) is 23.8 Å². The van der Waals surface area contributed by atoms with E-state index in [0.29, 0.717) is 18.0 Å². The minimum Gasteiger partial charge on any atom is -0.504 e. The Morgan fingerprint density at radius 2 is 1.85 bits per heavy atom. The number of piperidine rings is 1. The average Bonchev–Trinajstić information content (AvgIpc) is 2.69. The summed E-state index contributed by atoms with van der Waals surface area (Å²) in [7, 11) is 0. The van der Waals surface area contributed by atoms with E-state index in [1.807, 2.05) is 17.0 Å². The monoisotopic (exact) mass is 388 g/mol. The van der Waals surface area contributed by atoms with Gasteiger partial charge in [-0.3, -0.25) is 4.79 Å². The highest BCUT2D eigenvalue weighted by molar-refractivity contribution is 5.92. The van der Waals surface area contributed by atoms with Crippen LogP contribution in [0.3, 0.4) is 0 Å². The zero-order chi connectivity index (χ0) is 18.5. The molecule has 0 radical (unpaired) electrons. The van der Waals surface area contributed by atoms with Gasteiger partial charge in [0.1, 0.15) is 0 Å². The van der Waals surface area contributed by atoms with Gasteiger partial charge in [0, 0.05) is 25.7 Å². The molecule has 144 valence electrons. The summed E-state index contributed by atoms with van der Waals surface area (Å²) in [6, 6.07) is 12.9. The summed E-state index contributed by atoms with van der Waals surface area (Å²) < 4.78 is 0. The van der Waals surface area contributed by atoms with Crippen molar-refractivity contribution in [3.63, 3.8) is 0 Å². The van der Waals surface area contributed by atoms with Gasteiger partial charge in [-0.25, -0.2) is 0 Å². The molecule has 2 aromatic rings. The largest absolute Gasteiger partial charge is 0.504 e. The molecule has 0 aliphatic carbocycles. The Morgan fingerprint density at radius 1 is 1.11 bits per heavy atom. The van der Waals surface area contributed by atoms with Crippen LogP contribution in [0.2, 0.25) is 0 Å². The van der Waals surface area contributed by atoms with Crippen LogP contribution in [0.15, 0.2) is 48.5 Å². The molecule has 1 aliphatic heterocycles. The summed E-state index contributed by atoms with van der Waals surface area (Å²) in [4.78, 5) is 14.2. The molecule has 0 unspecified atom stereocenters. The molecule has 2 aromatic carbocycles. The molecule has 0 spiro atoms. The Kier molecular flexibility index (Phi) is 7.28. The van der Waals surface area contributed by atoms with Crippen LogP contribution in [0.1, 0.15) is 35.4 Å². The second kappa shape index (κ2) is 9.44. The number of aromatic hydroxyl groups is 2. The van der Waals surface area contributed by atoms with Crippen molar-refractivity contribution in [3.05, 3.63) is 65.2 Å². The number of halogens is 1. The summed E-state index contributed by atoms with van der Waals surface area (Å²) in [5.41, 5.74) is 8.83. The van der Waals surface area contributed by atoms with Gasteiger partial charge in [-0.15, -0.1) is 12.4 Å². The summed E-state index contributed by atoms with van der Waals surface area (Å²) in [6.07, 6.45) is 5.04. The predicted molar refractivity (Wildman–Crippen MR) is 109 cm³/mol. The normalized spacial score (nSPS) is 14.9. The summed E-state index contributed by atoms with van der Waals surface area (Å²) in [5.74, 6) is 0.0599. The summed E-state index contributed by atoms with van der Waals surface area (Å²) in [6.45, 7) is 1.99. The standard InChI is InChI=1S/C21H24N2O3.ClH/c22-14-16-2-1-3-18(12-16)17-8-10-23(11-9-17)21(26)7-5-15-4-6-19(24)20(25)13-15;/h1-7,12-13,17,24-25H,8-11,14,22H2;1H/b7-5-;. The van der Waals surface area contributed by atoms with Gasteiger partial charge < -0.3 is 20.8 Å². The summed E-state index contributed by atoms with van der Waals surface area (Å²) in [5, 5.41) is 18.8. The number of phenols is 2. The molecule has 0 saturated carbocycles. The number of nitrogens with zero attached hydrogens (tertiary/aromatic N) is 1. The zero-order valence-electron chi connectivity index (χ0n) is 15.0. The lowest BCUT2D eigenvalue weighted by Gasteiger charge is -2.31. The number of likely N-dealkylation sites (tertiary alicyclic amines) is 1. The van der Waals surface area contributed by atoms with Crippen molar-refractivity contribution in [1.29, 1.82) is 0 Å². The van der Waals surface area contributed by atoms with E-state index in [9.17, 15) is 15.0 Å². The highest BCUT2D eigenvalue weighted by atomic mass is 35.5. The highest BCUT2D eigenvalue weighted by Gasteiger charge is 2.22. The molecule has 0 aromatic heterocycles. The van der Waals surface area contributed by atoms with Gasteiger partial charge in [-0.2, -0.15) is 0 Å². The van der Waals surface area contributed by atoms with Crippen molar-refractivity contribution in [1.82, 2.24) is 4.90 Å². The van der Waals surface area contributed by atoms with E-state index in [2.05, 4.69) is 12.1 Å². The van der Waals surface area contributed by atoms with Crippen LogP contribution < -0.4 is 5.73 Å². The Hall–Kier alpha value is -2.50. The third-order valence-electron chi connectivity index (χ3n) is 4.88. The number of nitrogens with two attached hydrogens (primary N) is 1. The van der Waals surface area contributed by atoms with E-state index in [1.54, 1.807) is 12.1 Å². The lowest BCUT2D eigenvalue weighted by Crippen LogP contribution is -2.36. The van der Waals surface area contributed by atoms with Crippen LogP contribution in [-0.2, 0) is 11.3 Å². The minimum absolute atomic E-state index is 0. The molecule has 3 rings (SSSR count). The fourth-order valence-corrected chi connectivity index (χ4v) is 3.32. The fraction of sp³-hybridized carbons (Fsp3) is 0.286. The first-order chi connectivity index (χ1) is 12.6. The molecular weight excluding hydrogens is 364 g/mol. The second-order valence-electron chi connectivity index (χ2n) is 6.63. The van der Waals surface area contributed by atoms with Gasteiger partial charge in [0.25, 0.3) is 0 Å². The molecule has 1 heterocycles. The number of benzene rings is 2. The topological polar surface area (TPSA) is 86.8 Å². The van der Waals surface area contributed by atoms with Gasteiger partial charge in [0.15, 0.2) is 11.5 Å². The van der Waals surface area contributed by atoms with E-state index < -0.39 is 0 Å². The van der Waals surface area contributed by atoms with Crippen LogP contribution >= 0.6 is 12.4 Å². The Labute approximate surface area is 165 Å². The van der Waals surface area contributed by atoms with Gasteiger partial charge in [0.05, 0.1) is 0 Å². The van der Waals surface area contributed by atoms with E-state index in [0.717, 1.165) is 31.5 Å². The molecule has 6 heteroatoms. The number of hydrogen-bond acceptors (Lipinski definition) is 4. The average molecular weight is 389 g/mol. The van der Waals surface area contributed by atoms with Crippen molar-refractivity contribution in [3.8, 4) is 11.5 Å². The van der Waals surface area contributed by atoms with E-state index >= 15 is 0 Å². The lowest BCUT2D eigenvalue weighted by molar-refractivity contribution is -0.126. The molecular formula is C21H25ClN2O3. The number of rotatable bonds is 4. The molecule has 5 nitrogen and oxygen atoms in total. The van der Waals surface area contributed by atoms with Crippen molar-refractivity contribution in [2.45, 2.75) is 25.3 Å². The maximum absolute atomic E-state index is 12.4. The van der Waals surface area contributed by atoms with Crippen molar-refractivity contribution < 1.29 is 15.0 Å². The van der Waals surface area contributed by atoms with Gasteiger partial charge in [-0.1, -0.05) is 30.3 Å². The molecule has 27 heavy (non-hydrogen) atoms. The number of amides is 1. The number of carbonyl (C=O) groups excluding carboxylic acids is 1. The maximum atomic E-state index is 12.4. The van der Waals surface area contributed by atoms with E-state index in [4.69, 9.17) is 5.73 Å². The SMILES string of the molecule is Cl.NCc1cccc(C2CCN(C(=O)/C=C\c3ccc(O)c(O)c3)CC2)c1. The predicted octanol–water partition coefficient (Wildman–Crippen LogP) is 3.40. The van der Waals surface area contributed by atoms with Crippen molar-refractivity contribution in [2.24, 2.45) is 5.73 Å². The quantitative estimate of drug-likeness (QED) is 0.553. The second-order valence-corrected chi connectivity index (χ2v) is 6.63. The third-order valence-corrected chi connectivity index (χ3v) is 4.88. The molecule has 1 fully saturated rings. The third kappa shape index (κ3) is 5.25.